The molecule has 84 valence electrons. The molecular weight excluding hydrogens is 240 g/mol. The molecule has 1 aliphatic carbocycles. The summed E-state index contributed by atoms with van der Waals surface area (Å²) in [6.45, 7) is 0. The van der Waals surface area contributed by atoms with Crippen molar-refractivity contribution in [3.05, 3.63) is 28.2 Å². The fourth-order valence-electron chi connectivity index (χ4n) is 2.13. The van der Waals surface area contributed by atoms with Gasteiger partial charge in [0.05, 0.1) is 15.2 Å². The smallest absolute Gasteiger partial charge is 0.0956 e. The first-order chi connectivity index (χ1) is 7.65. The van der Waals surface area contributed by atoms with Crippen molar-refractivity contribution in [2.75, 3.05) is 0 Å². The second-order valence-corrected chi connectivity index (χ2v) is 6.16. The van der Waals surface area contributed by atoms with Gasteiger partial charge in [0.2, 0.25) is 0 Å². The molecule has 0 spiro atoms. The number of benzene rings is 1. The van der Waals surface area contributed by atoms with Crippen molar-refractivity contribution in [1.29, 1.82) is 0 Å². The monoisotopic (exact) mass is 252 g/mol. The first kappa shape index (κ1) is 10.5. The van der Waals surface area contributed by atoms with Crippen molar-refractivity contribution in [3.8, 4) is 0 Å². The molecule has 2 N–H and O–H groups in total. The zero-order valence-electron chi connectivity index (χ0n) is 8.87. The van der Waals surface area contributed by atoms with Gasteiger partial charge in [-0.3, -0.25) is 0 Å². The highest BCUT2D eigenvalue weighted by molar-refractivity contribution is 7.18. The molecule has 0 atom stereocenters. The Kier molecular flexibility index (Phi) is 2.42. The molecule has 0 aliphatic heterocycles. The number of halogens is 1. The maximum atomic E-state index is 6.23. The Balaban J connectivity index is 1.93. The molecule has 3 rings (SSSR count). The van der Waals surface area contributed by atoms with Gasteiger partial charge in [-0.05, 0) is 37.5 Å². The van der Waals surface area contributed by atoms with Crippen LogP contribution in [0.4, 0.5) is 0 Å². The van der Waals surface area contributed by atoms with E-state index in [1.54, 1.807) is 11.3 Å². The lowest BCUT2D eigenvalue weighted by Gasteiger charge is -2.37. The van der Waals surface area contributed by atoms with Gasteiger partial charge < -0.3 is 5.73 Å². The van der Waals surface area contributed by atoms with Crippen LogP contribution in [-0.4, -0.2) is 10.5 Å². The molecule has 1 fully saturated rings. The van der Waals surface area contributed by atoms with E-state index < -0.39 is 0 Å². The zero-order valence-corrected chi connectivity index (χ0v) is 10.4. The van der Waals surface area contributed by atoms with Gasteiger partial charge >= 0.3 is 0 Å². The molecule has 1 saturated carbocycles. The predicted molar refractivity (Wildman–Crippen MR) is 69.1 cm³/mol. The maximum Gasteiger partial charge on any atom is 0.0956 e. The summed E-state index contributed by atoms with van der Waals surface area (Å²) in [5.41, 5.74) is 7.23. The Labute approximate surface area is 103 Å². The standard InChI is InChI=1S/C12H13ClN2S/c13-8-2-3-10-9(6-8)15-11(16-10)7-12(14)4-1-5-12/h2-3,6H,1,4-5,7,14H2. The van der Waals surface area contributed by atoms with Gasteiger partial charge in [0.25, 0.3) is 0 Å². The van der Waals surface area contributed by atoms with Crippen molar-refractivity contribution in [1.82, 2.24) is 4.98 Å². The Hall–Kier alpha value is -0.640. The van der Waals surface area contributed by atoms with E-state index in [1.165, 1.54) is 11.1 Å². The number of rotatable bonds is 2. The number of aromatic nitrogens is 1. The third kappa shape index (κ3) is 1.83. The van der Waals surface area contributed by atoms with Crippen LogP contribution in [0.5, 0.6) is 0 Å². The number of fused-ring (bicyclic) bond motifs is 1. The summed E-state index contributed by atoms with van der Waals surface area (Å²) >= 11 is 7.67. The second-order valence-electron chi connectivity index (χ2n) is 4.61. The van der Waals surface area contributed by atoms with Crippen LogP contribution in [0, 0.1) is 0 Å². The Bertz CT molecular complexity index is 531. The number of thiazole rings is 1. The average molecular weight is 253 g/mol. The van der Waals surface area contributed by atoms with Gasteiger partial charge in [-0.25, -0.2) is 4.98 Å². The molecule has 1 aromatic heterocycles. The van der Waals surface area contributed by atoms with E-state index >= 15 is 0 Å². The zero-order chi connectivity index (χ0) is 11.2. The van der Waals surface area contributed by atoms with Crippen molar-refractivity contribution < 1.29 is 0 Å². The summed E-state index contributed by atoms with van der Waals surface area (Å²) in [7, 11) is 0. The summed E-state index contributed by atoms with van der Waals surface area (Å²) in [4.78, 5) is 4.59. The minimum Gasteiger partial charge on any atom is -0.325 e. The lowest BCUT2D eigenvalue weighted by Crippen LogP contribution is -2.48. The van der Waals surface area contributed by atoms with Gasteiger partial charge in [-0.1, -0.05) is 11.6 Å². The van der Waals surface area contributed by atoms with Crippen LogP contribution in [-0.2, 0) is 6.42 Å². The molecule has 0 unspecified atom stereocenters. The van der Waals surface area contributed by atoms with Crippen molar-refractivity contribution in [3.63, 3.8) is 0 Å². The number of hydrogen-bond donors (Lipinski definition) is 1. The molecule has 0 amide bonds. The largest absolute Gasteiger partial charge is 0.325 e. The molecule has 1 heterocycles. The average Bonchev–Trinajstić information content (AvgIpc) is 2.56. The number of nitrogens with two attached hydrogens (primary N) is 1. The molecule has 4 heteroatoms. The van der Waals surface area contributed by atoms with Crippen molar-refractivity contribution >= 4 is 33.2 Å². The van der Waals surface area contributed by atoms with E-state index in [4.69, 9.17) is 17.3 Å². The number of hydrogen-bond acceptors (Lipinski definition) is 3. The Morgan fingerprint density at radius 1 is 1.44 bits per heavy atom. The SMILES string of the molecule is NC1(Cc2nc3cc(Cl)ccc3s2)CCC1. The van der Waals surface area contributed by atoms with Crippen molar-refractivity contribution in [2.45, 2.75) is 31.2 Å². The van der Waals surface area contributed by atoms with Crippen LogP contribution in [0.15, 0.2) is 18.2 Å². The first-order valence-electron chi connectivity index (χ1n) is 5.49. The van der Waals surface area contributed by atoms with Crippen LogP contribution < -0.4 is 5.73 Å². The maximum absolute atomic E-state index is 6.23. The molecule has 2 aromatic rings. The van der Waals surface area contributed by atoms with E-state index in [0.717, 1.165) is 34.8 Å². The Morgan fingerprint density at radius 3 is 2.94 bits per heavy atom. The van der Waals surface area contributed by atoms with Crippen LogP contribution in [0.3, 0.4) is 0 Å². The fraction of sp³-hybridized carbons (Fsp3) is 0.417. The van der Waals surface area contributed by atoms with Gasteiger partial charge in [0, 0.05) is 17.0 Å². The third-order valence-electron chi connectivity index (χ3n) is 3.25. The summed E-state index contributed by atoms with van der Waals surface area (Å²) in [5.74, 6) is 0. The summed E-state index contributed by atoms with van der Waals surface area (Å²) in [6.07, 6.45) is 4.42. The second kappa shape index (κ2) is 3.69. The van der Waals surface area contributed by atoms with E-state index in [1.807, 2.05) is 18.2 Å². The normalized spacial score (nSPS) is 18.6. The first-order valence-corrected chi connectivity index (χ1v) is 6.68. The number of nitrogens with zero attached hydrogens (tertiary/aromatic N) is 1. The third-order valence-corrected chi connectivity index (χ3v) is 4.52. The van der Waals surface area contributed by atoms with Gasteiger partial charge in [0.1, 0.15) is 0 Å². The highest BCUT2D eigenvalue weighted by Crippen LogP contribution is 2.34. The minimum absolute atomic E-state index is 0.0116. The van der Waals surface area contributed by atoms with Crippen LogP contribution in [0.25, 0.3) is 10.2 Å². The highest BCUT2D eigenvalue weighted by atomic mass is 35.5. The predicted octanol–water partition coefficient (Wildman–Crippen LogP) is 3.37. The molecule has 1 aromatic carbocycles. The van der Waals surface area contributed by atoms with Crippen LogP contribution >= 0.6 is 22.9 Å². The summed E-state index contributed by atoms with van der Waals surface area (Å²) < 4.78 is 1.20. The topological polar surface area (TPSA) is 38.9 Å². The molecular formula is C12H13ClN2S. The van der Waals surface area contributed by atoms with E-state index in [0.29, 0.717) is 0 Å². The lowest BCUT2D eigenvalue weighted by molar-refractivity contribution is 0.247. The van der Waals surface area contributed by atoms with E-state index in [9.17, 15) is 0 Å². The van der Waals surface area contributed by atoms with Crippen LogP contribution in [0.2, 0.25) is 5.02 Å². The van der Waals surface area contributed by atoms with Crippen LogP contribution in [0.1, 0.15) is 24.3 Å². The quantitative estimate of drug-likeness (QED) is 0.890. The minimum atomic E-state index is 0.0116. The molecule has 2 nitrogen and oxygen atoms in total. The van der Waals surface area contributed by atoms with Gasteiger partial charge in [-0.2, -0.15) is 0 Å². The van der Waals surface area contributed by atoms with Gasteiger partial charge in [0.15, 0.2) is 0 Å². The van der Waals surface area contributed by atoms with Gasteiger partial charge in [-0.15, -0.1) is 11.3 Å². The highest BCUT2D eigenvalue weighted by Gasteiger charge is 2.33. The van der Waals surface area contributed by atoms with E-state index in [-0.39, 0.29) is 5.54 Å². The fourth-order valence-corrected chi connectivity index (χ4v) is 3.40. The molecule has 0 saturated heterocycles. The molecule has 16 heavy (non-hydrogen) atoms. The lowest BCUT2D eigenvalue weighted by atomic mass is 9.75. The van der Waals surface area contributed by atoms with Crippen molar-refractivity contribution in [2.24, 2.45) is 5.73 Å². The van der Waals surface area contributed by atoms with E-state index in [2.05, 4.69) is 4.98 Å². The molecule has 0 radical (unpaired) electrons. The summed E-state index contributed by atoms with van der Waals surface area (Å²) in [5, 5.41) is 1.88. The Morgan fingerprint density at radius 2 is 2.25 bits per heavy atom. The summed E-state index contributed by atoms with van der Waals surface area (Å²) in [6, 6.07) is 5.86. The molecule has 0 bridgehead atoms. The molecule has 1 aliphatic rings.